The zero-order chi connectivity index (χ0) is 24.9. The van der Waals surface area contributed by atoms with Gasteiger partial charge in [0.15, 0.2) is 0 Å². The van der Waals surface area contributed by atoms with Gasteiger partial charge in [0.25, 0.3) is 10.0 Å². The van der Waals surface area contributed by atoms with Crippen LogP contribution in [0.1, 0.15) is 25.0 Å². The summed E-state index contributed by atoms with van der Waals surface area (Å²) < 4.78 is 28.4. The van der Waals surface area contributed by atoms with Gasteiger partial charge >= 0.3 is 0 Å². The van der Waals surface area contributed by atoms with Crippen molar-refractivity contribution in [3.63, 3.8) is 0 Å². The Balaban J connectivity index is 1.17. The molecular formula is C25H32N6O2S3. The number of piperidine rings is 1. The van der Waals surface area contributed by atoms with E-state index in [1.54, 1.807) is 7.05 Å². The summed E-state index contributed by atoms with van der Waals surface area (Å²) in [6.45, 7) is 5.86. The van der Waals surface area contributed by atoms with Gasteiger partial charge in [-0.3, -0.25) is 19.2 Å². The number of benzene rings is 1. The summed E-state index contributed by atoms with van der Waals surface area (Å²) in [5, 5.41) is 2.03. The lowest BCUT2D eigenvalue weighted by Crippen LogP contribution is -2.46. The van der Waals surface area contributed by atoms with Gasteiger partial charge in [0.05, 0.1) is 36.5 Å². The lowest BCUT2D eigenvalue weighted by Gasteiger charge is -2.38. The van der Waals surface area contributed by atoms with Crippen LogP contribution in [-0.2, 0) is 10.0 Å². The Bertz CT molecular complexity index is 1370. The van der Waals surface area contributed by atoms with Crippen molar-refractivity contribution < 1.29 is 8.42 Å². The predicted molar refractivity (Wildman–Crippen MR) is 153 cm³/mol. The minimum absolute atomic E-state index is 0.154. The number of H-pyrrole nitrogens is 1. The first-order valence-corrected chi connectivity index (χ1v) is 15.7. The Kier molecular flexibility index (Phi) is 6.38. The number of aromatic nitrogens is 1. The Morgan fingerprint density at radius 1 is 1.19 bits per heavy atom. The third-order valence-electron chi connectivity index (χ3n) is 7.62. The van der Waals surface area contributed by atoms with Crippen LogP contribution in [0.15, 0.2) is 44.6 Å². The van der Waals surface area contributed by atoms with Gasteiger partial charge in [-0.25, -0.2) is 8.42 Å². The van der Waals surface area contributed by atoms with Crippen LogP contribution < -0.4 is 4.31 Å². The van der Waals surface area contributed by atoms with Crippen molar-refractivity contribution in [2.45, 2.75) is 24.0 Å². The molecule has 0 saturated carbocycles. The Hall–Kier alpha value is -1.95. The molecule has 1 N–H and O–H groups in total. The molecule has 0 atom stereocenters. The Labute approximate surface area is 221 Å². The van der Waals surface area contributed by atoms with E-state index in [4.69, 9.17) is 4.99 Å². The van der Waals surface area contributed by atoms with Crippen LogP contribution in [0.25, 0.3) is 10.9 Å². The van der Waals surface area contributed by atoms with Gasteiger partial charge in [0.1, 0.15) is 15.1 Å². The molecule has 6 rings (SSSR count). The highest BCUT2D eigenvalue weighted by molar-refractivity contribution is 8.19. The number of anilines is 1. The Morgan fingerprint density at radius 2 is 2.03 bits per heavy atom. The van der Waals surface area contributed by atoms with E-state index in [1.807, 2.05) is 36.0 Å². The van der Waals surface area contributed by atoms with E-state index in [2.05, 4.69) is 32.9 Å². The number of nitrogens with one attached hydrogen (secondary N) is 1. The maximum Gasteiger partial charge on any atom is 0.269 e. The van der Waals surface area contributed by atoms with Crippen molar-refractivity contribution in [3.05, 3.63) is 40.3 Å². The fraction of sp³-hybridized carbons (Fsp3) is 0.520. The van der Waals surface area contributed by atoms with Gasteiger partial charge in [-0.15, -0.1) is 11.8 Å². The zero-order valence-electron chi connectivity index (χ0n) is 20.7. The first-order chi connectivity index (χ1) is 17.3. The molecule has 5 heterocycles. The number of hydrogen-bond donors (Lipinski definition) is 1. The fourth-order valence-corrected chi connectivity index (χ4v) is 9.45. The second-order valence-corrected chi connectivity index (χ2v) is 14.7. The zero-order valence-corrected chi connectivity index (χ0v) is 23.2. The maximum absolute atomic E-state index is 13.2. The number of likely N-dealkylation sites (N-methyl/N-ethyl adjacent to an activating group) is 1. The van der Waals surface area contributed by atoms with Crippen molar-refractivity contribution in [1.82, 2.24) is 14.8 Å². The first kappa shape index (κ1) is 24.4. The Morgan fingerprint density at radius 3 is 2.75 bits per heavy atom. The van der Waals surface area contributed by atoms with Crippen molar-refractivity contribution in [2.75, 3.05) is 63.4 Å². The molecule has 0 unspecified atom stereocenters. The second-order valence-electron chi connectivity index (χ2n) is 9.96. The molecule has 1 spiro atoms. The van der Waals surface area contributed by atoms with Crippen molar-refractivity contribution in [1.29, 1.82) is 0 Å². The third-order valence-corrected chi connectivity index (χ3v) is 12.6. The molecule has 4 aliphatic heterocycles. The average Bonchev–Trinajstić information content (AvgIpc) is 3.68. The van der Waals surface area contributed by atoms with Crippen LogP contribution >= 0.6 is 23.5 Å². The standard InChI is InChI=1S/C25H32N6O2S3/c1-29-13-10-26-21(29)16-31-11-8-25(9-12-31)17-27-24(35-25)19-15-18-5-3-6-20(23(18)28-19)30(2)36(32,33)22-7-4-14-34-22/h3,5-7,15,28H,4,8-14,16-17H2,1-2H3. The van der Waals surface area contributed by atoms with Crippen LogP contribution in [0.5, 0.6) is 0 Å². The van der Waals surface area contributed by atoms with Crippen LogP contribution in [0.2, 0.25) is 0 Å². The number of nitrogens with zero attached hydrogens (tertiary/aromatic N) is 5. The quantitative estimate of drug-likeness (QED) is 0.599. The van der Waals surface area contributed by atoms with Crippen LogP contribution in [-0.4, -0.2) is 97.9 Å². The van der Waals surface area contributed by atoms with Crippen LogP contribution in [0.4, 0.5) is 5.69 Å². The molecule has 0 aliphatic carbocycles. The highest BCUT2D eigenvalue weighted by Crippen LogP contribution is 2.44. The van der Waals surface area contributed by atoms with Crippen LogP contribution in [0.3, 0.4) is 0 Å². The van der Waals surface area contributed by atoms with Crippen molar-refractivity contribution in [3.8, 4) is 0 Å². The van der Waals surface area contributed by atoms with Gasteiger partial charge in [-0.1, -0.05) is 30.0 Å². The summed E-state index contributed by atoms with van der Waals surface area (Å²) in [4.78, 5) is 17.9. The lowest BCUT2D eigenvalue weighted by molar-refractivity contribution is 0.224. The topological polar surface area (TPSA) is 84.4 Å². The number of rotatable bonds is 6. The van der Waals surface area contributed by atoms with Gasteiger partial charge in [0.2, 0.25) is 0 Å². The summed E-state index contributed by atoms with van der Waals surface area (Å²) in [7, 11) is 0.229. The molecule has 11 heteroatoms. The van der Waals surface area contributed by atoms with Crippen molar-refractivity contribution in [2.24, 2.45) is 9.98 Å². The molecular weight excluding hydrogens is 513 g/mol. The summed E-state index contributed by atoms with van der Waals surface area (Å²) in [6.07, 6.45) is 4.85. The molecule has 1 aromatic heterocycles. The minimum atomic E-state index is -3.55. The molecule has 0 radical (unpaired) electrons. The second kappa shape index (κ2) is 9.41. The number of allylic oxidation sites excluding steroid dienone is 1. The van der Waals surface area contributed by atoms with Gasteiger partial charge < -0.3 is 9.88 Å². The first-order valence-electron chi connectivity index (χ1n) is 12.5. The van der Waals surface area contributed by atoms with Gasteiger partial charge in [0, 0.05) is 49.6 Å². The van der Waals surface area contributed by atoms with Crippen LogP contribution in [0, 0.1) is 0 Å². The normalized spacial score (nSPS) is 22.4. The number of likely N-dealkylation sites (tertiary alicyclic amines) is 1. The summed E-state index contributed by atoms with van der Waals surface area (Å²) in [5.74, 6) is 2.03. The van der Waals surface area contributed by atoms with E-state index in [-0.39, 0.29) is 4.75 Å². The summed E-state index contributed by atoms with van der Waals surface area (Å²) in [6, 6.07) is 7.93. The molecule has 2 aromatic rings. The van der Waals surface area contributed by atoms with E-state index in [0.29, 0.717) is 9.92 Å². The van der Waals surface area contributed by atoms with E-state index in [9.17, 15) is 8.42 Å². The molecule has 8 nitrogen and oxygen atoms in total. The number of aromatic amines is 1. The third kappa shape index (κ3) is 4.37. The SMILES string of the molecule is CN1CCN=C1CN1CCC2(CC1)CN=C(c1cc3cccc(N(C)S(=O)(=O)C4=CCCS4)c3[nH]1)S2. The summed E-state index contributed by atoms with van der Waals surface area (Å²) in [5.41, 5.74) is 2.48. The number of fused-ring (bicyclic) bond motifs is 1. The average molecular weight is 545 g/mol. The minimum Gasteiger partial charge on any atom is -0.360 e. The molecule has 192 valence electrons. The molecule has 1 aromatic carbocycles. The number of aliphatic imine (C=N–C) groups is 2. The van der Waals surface area contributed by atoms with E-state index >= 15 is 0 Å². The summed E-state index contributed by atoms with van der Waals surface area (Å²) >= 11 is 3.31. The molecule has 4 aliphatic rings. The number of sulfonamides is 1. The highest BCUT2D eigenvalue weighted by atomic mass is 32.3. The number of thioether (sulfide) groups is 2. The maximum atomic E-state index is 13.2. The van der Waals surface area contributed by atoms with E-state index in [1.165, 1.54) is 21.9 Å². The molecule has 36 heavy (non-hydrogen) atoms. The fourth-order valence-electron chi connectivity index (χ4n) is 5.31. The molecule has 0 bridgehead atoms. The monoisotopic (exact) mass is 544 g/mol. The smallest absolute Gasteiger partial charge is 0.269 e. The molecule has 1 fully saturated rings. The molecule has 1 saturated heterocycles. The predicted octanol–water partition coefficient (Wildman–Crippen LogP) is 3.58. The van der Waals surface area contributed by atoms with Gasteiger partial charge in [-0.05, 0) is 31.4 Å². The largest absolute Gasteiger partial charge is 0.360 e. The highest BCUT2D eigenvalue weighted by Gasteiger charge is 2.41. The number of para-hydroxylation sites is 1. The van der Waals surface area contributed by atoms with Crippen molar-refractivity contribution >= 4 is 61.0 Å². The lowest BCUT2D eigenvalue weighted by atomic mass is 9.96. The van der Waals surface area contributed by atoms with E-state index in [0.717, 1.165) is 85.9 Å². The number of hydrogen-bond acceptors (Lipinski definition) is 8. The number of amidine groups is 1. The van der Waals surface area contributed by atoms with Gasteiger partial charge in [-0.2, -0.15) is 0 Å². The van der Waals surface area contributed by atoms with E-state index < -0.39 is 10.0 Å². The molecule has 0 amide bonds.